The molecule has 5 fully saturated rings. The first-order valence-corrected chi connectivity index (χ1v) is 9.42. The van der Waals surface area contributed by atoms with Gasteiger partial charge in [0.05, 0.1) is 13.2 Å². The van der Waals surface area contributed by atoms with E-state index in [9.17, 15) is 20.4 Å². The smallest absolute Gasteiger partial charge is 0.186 e. The van der Waals surface area contributed by atoms with Crippen LogP contribution in [0.25, 0.3) is 0 Å². The molecule has 4 saturated carbocycles. The van der Waals surface area contributed by atoms with Crippen LogP contribution in [-0.4, -0.2) is 64.3 Å². The zero-order valence-electron chi connectivity index (χ0n) is 14.1. The zero-order valence-corrected chi connectivity index (χ0v) is 14.1. The summed E-state index contributed by atoms with van der Waals surface area (Å²) in [5.74, 6) is 2.68. The maximum atomic E-state index is 10.0. The van der Waals surface area contributed by atoms with E-state index in [4.69, 9.17) is 9.47 Å². The Balaban J connectivity index is 1.32. The minimum atomic E-state index is -1.36. The molecule has 0 aromatic heterocycles. The monoisotopic (exact) mass is 342 g/mol. The van der Waals surface area contributed by atoms with Crippen molar-refractivity contribution in [2.45, 2.75) is 75.7 Å². The van der Waals surface area contributed by atoms with Gasteiger partial charge in [0.2, 0.25) is 0 Å². The van der Waals surface area contributed by atoms with Gasteiger partial charge >= 0.3 is 0 Å². The van der Waals surface area contributed by atoms with Crippen molar-refractivity contribution in [1.29, 1.82) is 0 Å². The third-order valence-electron chi connectivity index (χ3n) is 6.93. The lowest BCUT2D eigenvalue weighted by atomic mass is 9.49. The van der Waals surface area contributed by atoms with Crippen LogP contribution in [0.2, 0.25) is 0 Å². The second kappa shape index (κ2) is 6.49. The van der Waals surface area contributed by atoms with Gasteiger partial charge in [0.25, 0.3) is 0 Å². The number of rotatable bonds is 5. The Morgan fingerprint density at radius 1 is 0.875 bits per heavy atom. The summed E-state index contributed by atoms with van der Waals surface area (Å²) in [5.41, 5.74) is 0.392. The molecule has 5 aliphatic rings. The summed E-state index contributed by atoms with van der Waals surface area (Å²) in [7, 11) is 0. The van der Waals surface area contributed by atoms with Crippen molar-refractivity contribution in [2.75, 3.05) is 13.2 Å². The van der Waals surface area contributed by atoms with Gasteiger partial charge in [-0.25, -0.2) is 0 Å². The predicted octanol–water partition coefficient (Wildman–Crippen LogP) is 0.409. The van der Waals surface area contributed by atoms with Gasteiger partial charge in [0.15, 0.2) is 6.29 Å². The van der Waals surface area contributed by atoms with Crippen LogP contribution in [0.1, 0.15) is 44.9 Å². The first-order valence-electron chi connectivity index (χ1n) is 9.42. The second-order valence-corrected chi connectivity index (χ2v) is 8.74. The van der Waals surface area contributed by atoms with Crippen LogP contribution in [0, 0.1) is 23.2 Å². The highest BCUT2D eigenvalue weighted by Gasteiger charge is 2.51. The first-order chi connectivity index (χ1) is 11.5. The van der Waals surface area contributed by atoms with Gasteiger partial charge in [0.1, 0.15) is 24.4 Å². The summed E-state index contributed by atoms with van der Waals surface area (Å²) >= 11 is 0. The molecular formula is C18H30O6. The molecule has 4 bridgehead atoms. The fraction of sp³-hybridized carbons (Fsp3) is 1.00. The van der Waals surface area contributed by atoms with E-state index in [0.717, 1.165) is 24.2 Å². The van der Waals surface area contributed by atoms with Gasteiger partial charge in [0, 0.05) is 0 Å². The fourth-order valence-corrected chi connectivity index (χ4v) is 6.19. The lowest BCUT2D eigenvalue weighted by Crippen LogP contribution is -2.59. The lowest BCUT2D eigenvalue weighted by molar-refractivity contribution is -0.302. The average molecular weight is 342 g/mol. The second-order valence-electron chi connectivity index (χ2n) is 8.74. The largest absolute Gasteiger partial charge is 0.394 e. The van der Waals surface area contributed by atoms with E-state index in [1.54, 1.807) is 0 Å². The molecule has 6 heteroatoms. The van der Waals surface area contributed by atoms with E-state index in [0.29, 0.717) is 12.0 Å². The normalized spacial score (nSPS) is 53.5. The zero-order chi connectivity index (χ0) is 16.9. The van der Waals surface area contributed by atoms with E-state index < -0.39 is 37.3 Å². The van der Waals surface area contributed by atoms with Crippen molar-refractivity contribution in [3.63, 3.8) is 0 Å². The van der Waals surface area contributed by atoms with E-state index in [1.807, 2.05) is 0 Å². The molecule has 0 amide bonds. The Bertz CT molecular complexity index is 418. The molecule has 0 spiro atoms. The van der Waals surface area contributed by atoms with Gasteiger partial charge in [-0.05, 0) is 68.1 Å². The topological polar surface area (TPSA) is 99.4 Å². The molecule has 6 nitrogen and oxygen atoms in total. The molecular weight excluding hydrogens is 312 g/mol. The summed E-state index contributed by atoms with van der Waals surface area (Å²) < 4.78 is 11.1. The Kier molecular flexibility index (Phi) is 4.65. The van der Waals surface area contributed by atoms with Crippen LogP contribution < -0.4 is 0 Å². The minimum Gasteiger partial charge on any atom is -0.394 e. The molecule has 2 unspecified atom stereocenters. The molecule has 4 aliphatic carbocycles. The molecule has 138 valence electrons. The Morgan fingerprint density at radius 2 is 1.46 bits per heavy atom. The highest BCUT2D eigenvalue weighted by molar-refractivity contribution is 5.01. The summed E-state index contributed by atoms with van der Waals surface area (Å²) in [6.07, 6.45) is 3.23. The van der Waals surface area contributed by atoms with E-state index in [2.05, 4.69) is 0 Å². The molecule has 0 radical (unpaired) electrons. The van der Waals surface area contributed by atoms with Gasteiger partial charge < -0.3 is 29.9 Å². The number of hydrogen-bond acceptors (Lipinski definition) is 6. The molecule has 0 aromatic rings. The van der Waals surface area contributed by atoms with Crippen molar-refractivity contribution in [3.8, 4) is 0 Å². The van der Waals surface area contributed by atoms with E-state index >= 15 is 0 Å². The Morgan fingerprint density at radius 3 is 2.00 bits per heavy atom. The van der Waals surface area contributed by atoms with Crippen molar-refractivity contribution in [1.82, 2.24) is 0 Å². The molecule has 5 rings (SSSR count). The van der Waals surface area contributed by atoms with Crippen LogP contribution in [0.15, 0.2) is 0 Å². The molecule has 1 saturated heterocycles. The molecule has 24 heavy (non-hydrogen) atoms. The Hall–Kier alpha value is -0.240. The predicted molar refractivity (Wildman–Crippen MR) is 84.9 cm³/mol. The van der Waals surface area contributed by atoms with E-state index in [1.165, 1.54) is 38.5 Å². The quantitative estimate of drug-likeness (QED) is 0.578. The molecule has 4 N–H and O–H groups in total. The van der Waals surface area contributed by atoms with Crippen LogP contribution in [0.3, 0.4) is 0 Å². The first kappa shape index (κ1) is 17.2. The van der Waals surface area contributed by atoms with E-state index in [-0.39, 0.29) is 0 Å². The highest BCUT2D eigenvalue weighted by Crippen LogP contribution is 2.61. The third-order valence-corrected chi connectivity index (χ3v) is 6.93. The summed E-state index contributed by atoms with van der Waals surface area (Å²) in [5, 5.41) is 38.9. The summed E-state index contributed by atoms with van der Waals surface area (Å²) in [6.45, 7) is 0.0641. The third kappa shape index (κ3) is 3.02. The minimum absolute atomic E-state index is 0.392. The van der Waals surface area contributed by atoms with Crippen molar-refractivity contribution >= 4 is 0 Å². The van der Waals surface area contributed by atoms with Gasteiger partial charge in [-0.3, -0.25) is 0 Å². The van der Waals surface area contributed by atoms with Crippen molar-refractivity contribution in [2.24, 2.45) is 23.2 Å². The summed E-state index contributed by atoms with van der Waals surface area (Å²) in [4.78, 5) is 0. The fourth-order valence-electron chi connectivity index (χ4n) is 6.19. The number of ether oxygens (including phenoxy) is 2. The van der Waals surface area contributed by atoms with Gasteiger partial charge in [-0.2, -0.15) is 0 Å². The van der Waals surface area contributed by atoms with Crippen molar-refractivity contribution < 1.29 is 29.9 Å². The van der Waals surface area contributed by atoms with Crippen LogP contribution in [-0.2, 0) is 9.47 Å². The lowest BCUT2D eigenvalue weighted by Gasteiger charge is -2.57. The van der Waals surface area contributed by atoms with Crippen molar-refractivity contribution in [3.05, 3.63) is 0 Å². The number of hydrogen-bond donors (Lipinski definition) is 4. The standard InChI is InChI=1S/C18H30O6/c19-9-13-14(20)15(21)16(22)17(24-13)23-2-1-18-6-10-3-11(7-18)5-12(4-10)8-18/h10-17,19-22H,1-9H2/t10?,11?,12?,13?,14-,15+,16?,17-,18?/m0/s1. The number of aliphatic hydroxyl groups is 4. The highest BCUT2D eigenvalue weighted by atomic mass is 16.7. The van der Waals surface area contributed by atoms with Gasteiger partial charge in [-0.1, -0.05) is 0 Å². The average Bonchev–Trinajstić information content (AvgIpc) is 2.53. The number of aliphatic hydroxyl groups excluding tert-OH is 4. The molecule has 1 heterocycles. The maximum absolute atomic E-state index is 10.0. The molecule has 0 aromatic carbocycles. The van der Waals surface area contributed by atoms with Crippen LogP contribution in [0.4, 0.5) is 0 Å². The molecule has 1 aliphatic heterocycles. The maximum Gasteiger partial charge on any atom is 0.186 e. The summed E-state index contributed by atoms with van der Waals surface area (Å²) in [6, 6.07) is 0. The Labute approximate surface area is 142 Å². The molecule has 5 atom stereocenters. The SMILES string of the molecule is OCC1O[C@H](OCCC23CC4CC(CC(C4)C2)C3)C(O)[C@H](O)[C@H]1O. The van der Waals surface area contributed by atoms with Crippen LogP contribution in [0.5, 0.6) is 0 Å². The van der Waals surface area contributed by atoms with Gasteiger partial charge in [-0.15, -0.1) is 0 Å². The van der Waals surface area contributed by atoms with Crippen LogP contribution >= 0.6 is 0 Å².